The number of rotatable bonds is 2. The molecule has 0 fully saturated rings. The Morgan fingerprint density at radius 1 is 1.06 bits per heavy atom. The average Bonchev–Trinajstić information content (AvgIpc) is 2.07. The van der Waals surface area contributed by atoms with Crippen LogP contribution in [0.2, 0.25) is 0 Å². The van der Waals surface area contributed by atoms with Gasteiger partial charge >= 0.3 is 6.36 Å². The van der Waals surface area contributed by atoms with Gasteiger partial charge in [-0.15, -0.1) is 13.2 Å². The van der Waals surface area contributed by atoms with Crippen LogP contribution in [0.25, 0.3) is 0 Å². The van der Waals surface area contributed by atoms with Gasteiger partial charge in [0.25, 0.3) is 0 Å². The topological polar surface area (TPSA) is 9.23 Å². The highest BCUT2D eigenvalue weighted by Gasteiger charge is 2.31. The quantitative estimate of drug-likeness (QED) is 0.737. The molecule has 0 aliphatic carbocycles. The first kappa shape index (κ1) is 12.9. The van der Waals surface area contributed by atoms with Gasteiger partial charge in [0.2, 0.25) is 0 Å². The van der Waals surface area contributed by atoms with E-state index >= 15 is 0 Å². The van der Waals surface area contributed by atoms with Crippen LogP contribution >= 0.6 is 0 Å². The van der Waals surface area contributed by atoms with E-state index in [0.717, 1.165) is 11.1 Å². The molecule has 0 bridgehead atoms. The lowest BCUT2D eigenvalue weighted by molar-refractivity contribution is -0.274. The van der Waals surface area contributed by atoms with Crippen LogP contribution in [0.15, 0.2) is 12.1 Å². The van der Waals surface area contributed by atoms with Gasteiger partial charge in [-0.3, -0.25) is 0 Å². The van der Waals surface area contributed by atoms with E-state index in [1.165, 1.54) is 6.07 Å². The van der Waals surface area contributed by atoms with Gasteiger partial charge in [0.15, 0.2) is 0 Å². The summed E-state index contributed by atoms with van der Waals surface area (Å²) in [5, 5.41) is 0. The fourth-order valence-electron chi connectivity index (χ4n) is 1.67. The summed E-state index contributed by atoms with van der Waals surface area (Å²) in [6.45, 7) is 7.42. The second kappa shape index (κ2) is 4.36. The molecule has 16 heavy (non-hydrogen) atoms. The van der Waals surface area contributed by atoms with E-state index < -0.39 is 6.36 Å². The molecule has 0 amide bonds. The molecule has 0 aliphatic rings. The highest BCUT2D eigenvalue weighted by atomic mass is 19.4. The number of aryl methyl sites for hydroxylation is 2. The van der Waals surface area contributed by atoms with E-state index in [1.807, 2.05) is 13.8 Å². The van der Waals surface area contributed by atoms with Gasteiger partial charge in [-0.05, 0) is 42.5 Å². The van der Waals surface area contributed by atoms with E-state index in [-0.39, 0.29) is 5.75 Å². The van der Waals surface area contributed by atoms with Crippen molar-refractivity contribution in [2.24, 2.45) is 0 Å². The predicted octanol–water partition coefficient (Wildman–Crippen LogP) is 4.33. The number of hydrogen-bond acceptors (Lipinski definition) is 1. The summed E-state index contributed by atoms with van der Waals surface area (Å²) >= 11 is 0. The molecule has 0 atom stereocenters. The van der Waals surface area contributed by atoms with Crippen LogP contribution < -0.4 is 4.74 Å². The summed E-state index contributed by atoms with van der Waals surface area (Å²) in [6, 6.07) is 3.19. The predicted molar refractivity (Wildman–Crippen MR) is 56.7 cm³/mol. The van der Waals surface area contributed by atoms with Crippen molar-refractivity contribution in [1.29, 1.82) is 0 Å². The van der Waals surface area contributed by atoms with E-state index in [0.29, 0.717) is 11.5 Å². The van der Waals surface area contributed by atoms with Gasteiger partial charge in [0, 0.05) is 0 Å². The summed E-state index contributed by atoms with van der Waals surface area (Å²) in [4.78, 5) is 0. The third-order valence-corrected chi connectivity index (χ3v) is 2.41. The van der Waals surface area contributed by atoms with Crippen LogP contribution in [0.1, 0.15) is 36.5 Å². The minimum atomic E-state index is -4.63. The maximum absolute atomic E-state index is 12.1. The molecule has 0 saturated heterocycles. The molecule has 1 aromatic rings. The highest BCUT2D eigenvalue weighted by molar-refractivity contribution is 5.42. The molecule has 0 N–H and O–H groups in total. The number of benzene rings is 1. The van der Waals surface area contributed by atoms with Crippen molar-refractivity contribution in [3.05, 3.63) is 28.8 Å². The molecule has 1 aromatic carbocycles. The van der Waals surface area contributed by atoms with Crippen molar-refractivity contribution >= 4 is 0 Å². The molecule has 0 aromatic heterocycles. The monoisotopic (exact) mass is 232 g/mol. The summed E-state index contributed by atoms with van der Waals surface area (Å²) in [5.74, 6) is 0.174. The molecule has 4 heteroatoms. The van der Waals surface area contributed by atoms with E-state index in [4.69, 9.17) is 0 Å². The Kier molecular flexibility index (Phi) is 3.51. The van der Waals surface area contributed by atoms with Crippen LogP contribution in [-0.2, 0) is 0 Å². The summed E-state index contributed by atoms with van der Waals surface area (Å²) in [6.07, 6.45) is -4.63. The Balaban J connectivity index is 3.11. The Morgan fingerprint density at radius 3 is 2.06 bits per heavy atom. The van der Waals surface area contributed by atoms with Gasteiger partial charge in [0.1, 0.15) is 5.75 Å². The van der Waals surface area contributed by atoms with Crippen molar-refractivity contribution in [3.63, 3.8) is 0 Å². The molecule has 0 radical (unpaired) electrons. The number of hydrogen-bond donors (Lipinski definition) is 0. The van der Waals surface area contributed by atoms with Crippen LogP contribution in [0, 0.1) is 13.8 Å². The first-order valence-corrected chi connectivity index (χ1v) is 5.07. The molecule has 90 valence electrons. The largest absolute Gasteiger partial charge is 0.573 e. The average molecular weight is 232 g/mol. The Bertz CT molecular complexity index is 381. The smallest absolute Gasteiger partial charge is 0.406 e. The molecule has 0 heterocycles. The maximum Gasteiger partial charge on any atom is 0.573 e. The minimum Gasteiger partial charge on any atom is -0.406 e. The first-order chi connectivity index (χ1) is 7.20. The standard InChI is InChI=1S/C12H15F3O/c1-7(2)10-5-9(4)11(6-8(10)3)16-12(13,14)15/h5-7H,1-4H3. The first-order valence-electron chi connectivity index (χ1n) is 5.07. The molecule has 0 saturated carbocycles. The lowest BCUT2D eigenvalue weighted by Gasteiger charge is -2.16. The number of ether oxygens (including phenoxy) is 1. The maximum atomic E-state index is 12.1. The highest BCUT2D eigenvalue weighted by Crippen LogP contribution is 2.31. The van der Waals surface area contributed by atoms with Gasteiger partial charge in [-0.25, -0.2) is 0 Å². The van der Waals surface area contributed by atoms with Crippen molar-refractivity contribution in [3.8, 4) is 5.75 Å². The van der Waals surface area contributed by atoms with Gasteiger partial charge in [-0.1, -0.05) is 19.9 Å². The number of alkyl halides is 3. The van der Waals surface area contributed by atoms with Crippen LogP contribution in [0.3, 0.4) is 0 Å². The number of halogens is 3. The molecular formula is C12H15F3O. The van der Waals surface area contributed by atoms with E-state index in [1.54, 1.807) is 19.9 Å². The van der Waals surface area contributed by atoms with Crippen molar-refractivity contribution in [1.82, 2.24) is 0 Å². The lowest BCUT2D eigenvalue weighted by Crippen LogP contribution is -2.18. The Labute approximate surface area is 93.2 Å². The fraction of sp³-hybridized carbons (Fsp3) is 0.500. The van der Waals surface area contributed by atoms with Gasteiger partial charge in [-0.2, -0.15) is 0 Å². The summed E-state index contributed by atoms with van der Waals surface area (Å²) in [5.41, 5.74) is 2.37. The molecule has 0 unspecified atom stereocenters. The normalized spacial score (nSPS) is 12.0. The van der Waals surface area contributed by atoms with Crippen LogP contribution in [0.4, 0.5) is 13.2 Å². The molecule has 0 spiro atoms. The Hall–Kier alpha value is -1.19. The van der Waals surface area contributed by atoms with E-state index in [2.05, 4.69) is 4.74 Å². The van der Waals surface area contributed by atoms with Crippen molar-refractivity contribution < 1.29 is 17.9 Å². The summed E-state index contributed by atoms with van der Waals surface area (Å²) in [7, 11) is 0. The van der Waals surface area contributed by atoms with Gasteiger partial charge in [0.05, 0.1) is 0 Å². The zero-order valence-corrected chi connectivity index (χ0v) is 9.77. The fourth-order valence-corrected chi connectivity index (χ4v) is 1.67. The van der Waals surface area contributed by atoms with Gasteiger partial charge < -0.3 is 4.74 Å². The molecule has 0 aliphatic heterocycles. The van der Waals surface area contributed by atoms with Crippen molar-refractivity contribution in [2.45, 2.75) is 40.0 Å². The second-order valence-electron chi connectivity index (χ2n) is 4.18. The molecule has 1 nitrogen and oxygen atoms in total. The second-order valence-corrected chi connectivity index (χ2v) is 4.18. The lowest BCUT2D eigenvalue weighted by atomic mass is 9.95. The zero-order valence-electron chi connectivity index (χ0n) is 9.77. The van der Waals surface area contributed by atoms with E-state index in [9.17, 15) is 13.2 Å². The third-order valence-electron chi connectivity index (χ3n) is 2.41. The SMILES string of the molecule is Cc1cc(C(C)C)c(C)cc1OC(F)(F)F. The summed E-state index contributed by atoms with van der Waals surface area (Å²) < 4.78 is 40.2. The Morgan fingerprint density at radius 2 is 1.62 bits per heavy atom. The van der Waals surface area contributed by atoms with Crippen LogP contribution in [0.5, 0.6) is 5.75 Å². The third kappa shape index (κ3) is 3.15. The molecule has 1 rings (SSSR count). The van der Waals surface area contributed by atoms with Crippen molar-refractivity contribution in [2.75, 3.05) is 0 Å². The van der Waals surface area contributed by atoms with Crippen LogP contribution in [-0.4, -0.2) is 6.36 Å². The molecular weight excluding hydrogens is 217 g/mol. The zero-order chi connectivity index (χ0) is 12.5. The minimum absolute atomic E-state index is 0.116.